The summed E-state index contributed by atoms with van der Waals surface area (Å²) < 4.78 is 87.1. The van der Waals surface area contributed by atoms with E-state index in [1.807, 2.05) is 0 Å². The number of benzene rings is 2. The third-order valence-electron chi connectivity index (χ3n) is 7.90. The first-order valence-electron chi connectivity index (χ1n) is 12.4. The molecule has 4 rings (SSSR count). The number of hydrogen-bond acceptors (Lipinski definition) is 4. The highest BCUT2D eigenvalue weighted by atomic mass is 19.4. The van der Waals surface area contributed by atoms with Crippen LogP contribution < -0.4 is 9.64 Å². The monoisotopic (exact) mass is 545 g/mol. The van der Waals surface area contributed by atoms with Crippen LogP contribution >= 0.6 is 0 Å². The Kier molecular flexibility index (Phi) is 7.37. The molecule has 2 aromatic carbocycles. The van der Waals surface area contributed by atoms with Gasteiger partial charge < -0.3 is 19.8 Å². The summed E-state index contributed by atoms with van der Waals surface area (Å²) >= 11 is 0. The van der Waals surface area contributed by atoms with Crippen LogP contribution in [0.4, 0.5) is 32.0 Å². The lowest BCUT2D eigenvalue weighted by atomic mass is 9.76. The normalized spacial score (nSPS) is 23.3. The summed E-state index contributed by atoms with van der Waals surface area (Å²) in [5, 5.41) is 19.6. The predicted molar refractivity (Wildman–Crippen MR) is 127 cm³/mol. The molecule has 38 heavy (non-hydrogen) atoms. The molecule has 0 radical (unpaired) electrons. The first-order chi connectivity index (χ1) is 17.6. The zero-order valence-corrected chi connectivity index (χ0v) is 20.9. The van der Waals surface area contributed by atoms with E-state index < -0.39 is 58.8 Å². The van der Waals surface area contributed by atoms with E-state index in [-0.39, 0.29) is 0 Å². The summed E-state index contributed by atoms with van der Waals surface area (Å²) in [6.07, 6.45) is -7.66. The molecule has 0 aromatic heterocycles. The van der Waals surface area contributed by atoms with Crippen molar-refractivity contribution in [3.05, 3.63) is 58.7 Å². The number of aliphatic hydroxyl groups is 1. The first kappa shape index (κ1) is 28.1. The topological polar surface area (TPSA) is 70.0 Å². The van der Waals surface area contributed by atoms with Gasteiger partial charge >= 0.3 is 18.3 Å². The van der Waals surface area contributed by atoms with Gasteiger partial charge in [-0.05, 0) is 80.8 Å². The highest BCUT2D eigenvalue weighted by Gasteiger charge is 2.43. The van der Waals surface area contributed by atoms with Gasteiger partial charge in [0.15, 0.2) is 0 Å². The number of halogens is 6. The molecule has 2 aromatic rings. The first-order valence-corrected chi connectivity index (χ1v) is 12.4. The number of anilines is 1. The van der Waals surface area contributed by atoms with Gasteiger partial charge in [0.05, 0.1) is 23.1 Å². The standard InChI is InChI=1S/C27H29F6NO4/c1-15(24(36)37)23(35)17-4-3-16-7-10-25(38-22(16)13-17)11-8-19(9-12-25)34(2)21-14-18(26(28,29)30)5-6-20(21)27(31,32)33/h3-6,13-15,19,23,35H,7-12H2,1-2H3,(H,36,37)/t15-,19?,23+,25?/m0/s1. The fraction of sp³-hybridized carbons (Fsp3) is 0.519. The predicted octanol–water partition coefficient (Wildman–Crippen LogP) is 6.62. The second kappa shape index (κ2) is 9.98. The third kappa shape index (κ3) is 5.57. The van der Waals surface area contributed by atoms with Crippen LogP contribution in [0.2, 0.25) is 0 Å². The molecule has 2 atom stereocenters. The molecule has 1 saturated carbocycles. The maximum Gasteiger partial charge on any atom is 0.418 e. The highest BCUT2D eigenvalue weighted by Crippen LogP contribution is 2.46. The lowest BCUT2D eigenvalue weighted by Gasteiger charge is -2.46. The number of aryl methyl sites for hydroxylation is 1. The molecule has 208 valence electrons. The number of fused-ring (bicyclic) bond motifs is 1. The number of alkyl halides is 6. The third-order valence-corrected chi connectivity index (χ3v) is 7.90. The number of ether oxygens (including phenoxy) is 1. The molecule has 2 N–H and O–H groups in total. The van der Waals surface area contributed by atoms with Crippen molar-refractivity contribution in [2.24, 2.45) is 5.92 Å². The molecular formula is C27H29F6NO4. The number of nitrogens with zero attached hydrogens (tertiary/aromatic N) is 1. The number of hydrogen-bond donors (Lipinski definition) is 2. The van der Waals surface area contributed by atoms with E-state index in [0.717, 1.165) is 5.56 Å². The molecule has 2 aliphatic rings. The van der Waals surface area contributed by atoms with Crippen molar-refractivity contribution in [3.8, 4) is 5.75 Å². The minimum Gasteiger partial charge on any atom is -0.487 e. The number of aliphatic carboxylic acids is 1. The maximum atomic E-state index is 13.6. The van der Waals surface area contributed by atoms with Gasteiger partial charge in [0.1, 0.15) is 11.4 Å². The molecule has 0 bridgehead atoms. The summed E-state index contributed by atoms with van der Waals surface area (Å²) in [5.41, 5.74) is -2.03. The van der Waals surface area contributed by atoms with Crippen LogP contribution in [-0.2, 0) is 23.6 Å². The molecule has 1 fully saturated rings. The van der Waals surface area contributed by atoms with E-state index in [1.54, 1.807) is 18.2 Å². The van der Waals surface area contributed by atoms with Gasteiger partial charge in [0.25, 0.3) is 0 Å². The zero-order valence-electron chi connectivity index (χ0n) is 20.9. The number of carboxylic acid groups (broad SMARTS) is 1. The van der Waals surface area contributed by atoms with Crippen molar-refractivity contribution in [2.75, 3.05) is 11.9 Å². The fourth-order valence-corrected chi connectivity index (χ4v) is 5.43. The van der Waals surface area contributed by atoms with Crippen LogP contribution in [0.15, 0.2) is 36.4 Å². The van der Waals surface area contributed by atoms with Crippen LogP contribution in [-0.4, -0.2) is 34.9 Å². The van der Waals surface area contributed by atoms with Crippen molar-refractivity contribution in [2.45, 2.75) is 75.5 Å². The van der Waals surface area contributed by atoms with Crippen molar-refractivity contribution >= 4 is 11.7 Å². The minimum absolute atomic E-state index is 0.411. The van der Waals surface area contributed by atoms with Crippen LogP contribution in [0.1, 0.15) is 67.4 Å². The summed E-state index contributed by atoms with van der Waals surface area (Å²) in [6.45, 7) is 1.40. The van der Waals surface area contributed by atoms with Crippen molar-refractivity contribution in [3.63, 3.8) is 0 Å². The van der Waals surface area contributed by atoms with Gasteiger partial charge in [-0.2, -0.15) is 26.3 Å². The van der Waals surface area contributed by atoms with Crippen LogP contribution in [0, 0.1) is 5.92 Å². The smallest absolute Gasteiger partial charge is 0.418 e. The Balaban J connectivity index is 1.52. The molecule has 5 nitrogen and oxygen atoms in total. The van der Waals surface area contributed by atoms with Gasteiger partial charge in [-0.25, -0.2) is 0 Å². The molecule has 0 unspecified atom stereocenters. The van der Waals surface area contributed by atoms with Gasteiger partial charge in [-0.1, -0.05) is 12.1 Å². The summed E-state index contributed by atoms with van der Waals surface area (Å²) in [4.78, 5) is 12.6. The Morgan fingerprint density at radius 3 is 2.26 bits per heavy atom. The molecule has 0 amide bonds. The lowest BCUT2D eigenvalue weighted by molar-refractivity contribution is -0.145. The van der Waals surface area contributed by atoms with Gasteiger partial charge in [-0.15, -0.1) is 0 Å². The Labute approximate surface area is 216 Å². The second-order valence-electron chi connectivity index (χ2n) is 10.3. The molecule has 1 spiro atoms. The number of aliphatic hydroxyl groups excluding tert-OH is 1. The SMILES string of the molecule is C[C@H](C(=O)O)[C@@H](O)c1ccc2c(c1)OC1(CC2)CCC(N(C)c2cc(C(F)(F)F)ccc2C(F)(F)F)CC1. The molecule has 0 saturated heterocycles. The van der Waals surface area contributed by atoms with Crippen LogP contribution in [0.3, 0.4) is 0 Å². The van der Waals surface area contributed by atoms with Gasteiger partial charge in [0.2, 0.25) is 0 Å². The van der Waals surface area contributed by atoms with E-state index in [1.165, 1.54) is 18.9 Å². The Morgan fingerprint density at radius 1 is 1.03 bits per heavy atom. The zero-order chi connectivity index (χ0) is 28.0. The number of carbonyl (C=O) groups is 1. The molecule has 1 aliphatic heterocycles. The number of carboxylic acids is 1. The largest absolute Gasteiger partial charge is 0.487 e. The van der Waals surface area contributed by atoms with E-state index in [9.17, 15) is 41.4 Å². The fourth-order valence-electron chi connectivity index (χ4n) is 5.43. The van der Waals surface area contributed by atoms with E-state index in [0.29, 0.717) is 68.0 Å². The van der Waals surface area contributed by atoms with Crippen molar-refractivity contribution in [1.29, 1.82) is 0 Å². The highest BCUT2D eigenvalue weighted by molar-refractivity contribution is 5.70. The average molecular weight is 546 g/mol. The Bertz CT molecular complexity index is 1190. The quantitative estimate of drug-likeness (QED) is 0.414. The molecule has 1 aliphatic carbocycles. The van der Waals surface area contributed by atoms with E-state index >= 15 is 0 Å². The minimum atomic E-state index is -4.81. The van der Waals surface area contributed by atoms with Gasteiger partial charge in [0, 0.05) is 18.8 Å². The maximum absolute atomic E-state index is 13.6. The summed E-state index contributed by atoms with van der Waals surface area (Å²) in [5.74, 6) is -1.62. The van der Waals surface area contributed by atoms with E-state index in [4.69, 9.17) is 4.74 Å². The number of rotatable bonds is 5. The van der Waals surface area contributed by atoms with Crippen molar-refractivity contribution in [1.82, 2.24) is 0 Å². The van der Waals surface area contributed by atoms with Gasteiger partial charge in [-0.3, -0.25) is 4.79 Å². The Hall–Kier alpha value is -2.95. The Morgan fingerprint density at radius 2 is 1.68 bits per heavy atom. The van der Waals surface area contributed by atoms with Crippen LogP contribution in [0.25, 0.3) is 0 Å². The lowest BCUT2D eigenvalue weighted by Crippen LogP contribution is -2.47. The molecule has 1 heterocycles. The van der Waals surface area contributed by atoms with Crippen molar-refractivity contribution < 1.29 is 46.1 Å². The average Bonchev–Trinajstić information content (AvgIpc) is 2.86. The molecular weight excluding hydrogens is 516 g/mol. The second-order valence-corrected chi connectivity index (χ2v) is 10.3. The summed E-state index contributed by atoms with van der Waals surface area (Å²) in [6, 6.07) is 6.18. The summed E-state index contributed by atoms with van der Waals surface area (Å²) in [7, 11) is 1.39. The molecule has 11 heteroatoms. The van der Waals surface area contributed by atoms with E-state index in [2.05, 4.69) is 0 Å². The van der Waals surface area contributed by atoms with Crippen LogP contribution in [0.5, 0.6) is 5.75 Å².